The molecule has 0 aromatic carbocycles. The van der Waals surface area contributed by atoms with Gasteiger partial charge in [-0.2, -0.15) is 0 Å². The fraction of sp³-hybridized carbons (Fsp3) is 0.947. The molecular formula is C75H146O17P2. The van der Waals surface area contributed by atoms with Gasteiger partial charge in [0.05, 0.1) is 26.4 Å². The quantitative estimate of drug-likeness (QED) is 0.0222. The predicted molar refractivity (Wildman–Crippen MR) is 381 cm³/mol. The van der Waals surface area contributed by atoms with Crippen molar-refractivity contribution in [1.29, 1.82) is 0 Å². The van der Waals surface area contributed by atoms with Crippen LogP contribution in [0.2, 0.25) is 0 Å². The second-order valence-electron chi connectivity index (χ2n) is 28.0. The maximum Gasteiger partial charge on any atom is 0.472 e. The van der Waals surface area contributed by atoms with E-state index >= 15 is 0 Å². The molecule has 0 aliphatic heterocycles. The first-order valence-electron chi connectivity index (χ1n) is 39.0. The molecule has 0 rings (SSSR count). The van der Waals surface area contributed by atoms with Crippen molar-refractivity contribution in [2.45, 2.75) is 407 Å². The third-order valence-corrected chi connectivity index (χ3v) is 19.4. The molecule has 0 spiro atoms. The lowest BCUT2D eigenvalue weighted by Crippen LogP contribution is -2.30. The number of unbranched alkanes of at least 4 members (excludes halogenated alkanes) is 44. The number of carbonyl (C=O) groups is 4. The average molecular weight is 1380 g/mol. The largest absolute Gasteiger partial charge is 0.472 e. The van der Waals surface area contributed by atoms with Crippen molar-refractivity contribution in [1.82, 2.24) is 0 Å². The van der Waals surface area contributed by atoms with Crippen molar-refractivity contribution in [3.05, 3.63) is 0 Å². The van der Waals surface area contributed by atoms with Crippen LogP contribution in [0.25, 0.3) is 0 Å². The SMILES string of the molecule is CCCCCCCCCCCCCCCCCCC(=O)OC[C@H](COP(=O)(O)OC[C@@H](O)COP(=O)(O)OC[C@@H](COC(=O)CCCCCCCCCC)OC(=O)CCCCCCCCCCC(C)C)OC(=O)CCCCCCCCCCCCCCCCCCC(C)C. The zero-order valence-corrected chi connectivity index (χ0v) is 63.1. The Morgan fingerprint density at radius 3 is 0.723 bits per heavy atom. The number of phosphoric ester groups is 2. The summed E-state index contributed by atoms with van der Waals surface area (Å²) in [5.41, 5.74) is 0. The summed E-state index contributed by atoms with van der Waals surface area (Å²) in [6.45, 7) is 9.55. The van der Waals surface area contributed by atoms with Crippen molar-refractivity contribution < 1.29 is 80.2 Å². The summed E-state index contributed by atoms with van der Waals surface area (Å²) in [6.07, 6.45) is 54.2. The molecule has 3 N–H and O–H groups in total. The molecule has 0 radical (unpaired) electrons. The molecule has 2 unspecified atom stereocenters. The van der Waals surface area contributed by atoms with Crippen molar-refractivity contribution in [2.24, 2.45) is 11.8 Å². The van der Waals surface area contributed by atoms with Crippen LogP contribution < -0.4 is 0 Å². The minimum atomic E-state index is -4.96. The van der Waals surface area contributed by atoms with E-state index in [1.807, 2.05) is 0 Å². The van der Waals surface area contributed by atoms with Crippen molar-refractivity contribution in [2.75, 3.05) is 39.6 Å². The number of carbonyl (C=O) groups excluding carboxylic acids is 4. The van der Waals surface area contributed by atoms with Gasteiger partial charge in [-0.3, -0.25) is 37.3 Å². The number of hydrogen-bond acceptors (Lipinski definition) is 15. The lowest BCUT2D eigenvalue weighted by Gasteiger charge is -2.21. The van der Waals surface area contributed by atoms with Crippen LogP contribution in [-0.2, 0) is 65.4 Å². The van der Waals surface area contributed by atoms with Gasteiger partial charge >= 0.3 is 39.5 Å². The summed E-state index contributed by atoms with van der Waals surface area (Å²) in [7, 11) is -9.90. The van der Waals surface area contributed by atoms with Gasteiger partial charge < -0.3 is 33.8 Å². The third-order valence-electron chi connectivity index (χ3n) is 17.5. The first-order valence-corrected chi connectivity index (χ1v) is 42.0. The molecule has 0 amide bonds. The molecule has 0 bridgehead atoms. The number of ether oxygens (including phenoxy) is 4. The van der Waals surface area contributed by atoms with E-state index < -0.39 is 97.5 Å². The van der Waals surface area contributed by atoms with Gasteiger partial charge in [0.25, 0.3) is 0 Å². The average Bonchev–Trinajstić information content (AvgIpc) is 1.25. The Morgan fingerprint density at radius 1 is 0.287 bits per heavy atom. The normalized spacial score (nSPS) is 14.0. The van der Waals surface area contributed by atoms with E-state index in [4.69, 9.17) is 37.0 Å². The molecule has 19 heteroatoms. The highest BCUT2D eigenvalue weighted by atomic mass is 31.2. The second kappa shape index (κ2) is 66.9. The van der Waals surface area contributed by atoms with Crippen molar-refractivity contribution in [3.8, 4) is 0 Å². The fourth-order valence-corrected chi connectivity index (χ4v) is 13.1. The van der Waals surface area contributed by atoms with Crippen LogP contribution in [0.15, 0.2) is 0 Å². The Labute approximate surface area is 575 Å². The van der Waals surface area contributed by atoms with Gasteiger partial charge in [-0.1, -0.05) is 337 Å². The number of rotatable bonds is 74. The molecule has 0 aromatic heterocycles. The fourth-order valence-electron chi connectivity index (χ4n) is 11.5. The Balaban J connectivity index is 5.20. The van der Waals surface area contributed by atoms with Crippen LogP contribution in [-0.4, -0.2) is 96.7 Å². The van der Waals surface area contributed by atoms with Crippen LogP contribution in [0.3, 0.4) is 0 Å². The predicted octanol–water partition coefficient (Wildman–Crippen LogP) is 21.9. The molecule has 0 heterocycles. The molecule has 0 aliphatic carbocycles. The molecule has 0 saturated carbocycles. The Bertz CT molecular complexity index is 1820. The summed E-state index contributed by atoms with van der Waals surface area (Å²) in [5, 5.41) is 10.6. The number of aliphatic hydroxyl groups excluding tert-OH is 1. The maximum absolute atomic E-state index is 13.1. The Kier molecular flexibility index (Phi) is 65.5. The first-order chi connectivity index (χ1) is 45.4. The maximum atomic E-state index is 13.1. The summed E-state index contributed by atoms with van der Waals surface area (Å²) < 4.78 is 68.4. The van der Waals surface area contributed by atoms with Gasteiger partial charge in [-0.05, 0) is 37.5 Å². The summed E-state index contributed by atoms with van der Waals surface area (Å²) >= 11 is 0. The zero-order valence-electron chi connectivity index (χ0n) is 61.3. The summed E-state index contributed by atoms with van der Waals surface area (Å²) in [6, 6.07) is 0. The molecule has 0 fully saturated rings. The van der Waals surface area contributed by atoms with Crippen LogP contribution in [0, 0.1) is 11.8 Å². The lowest BCUT2D eigenvalue weighted by atomic mass is 10.0. The zero-order chi connectivity index (χ0) is 69.3. The highest BCUT2D eigenvalue weighted by Crippen LogP contribution is 2.45. The monoisotopic (exact) mass is 1380 g/mol. The van der Waals surface area contributed by atoms with E-state index in [1.54, 1.807) is 0 Å². The second-order valence-corrected chi connectivity index (χ2v) is 30.9. The van der Waals surface area contributed by atoms with Gasteiger partial charge in [0, 0.05) is 25.7 Å². The molecule has 0 aliphatic rings. The van der Waals surface area contributed by atoms with E-state index in [-0.39, 0.29) is 25.7 Å². The van der Waals surface area contributed by atoms with E-state index in [2.05, 4.69) is 41.5 Å². The topological polar surface area (TPSA) is 237 Å². The minimum Gasteiger partial charge on any atom is -0.462 e. The number of esters is 4. The van der Waals surface area contributed by atoms with Gasteiger partial charge in [0.2, 0.25) is 0 Å². The molecule has 5 atom stereocenters. The minimum absolute atomic E-state index is 0.104. The van der Waals surface area contributed by atoms with E-state index in [0.29, 0.717) is 25.7 Å². The highest BCUT2D eigenvalue weighted by molar-refractivity contribution is 7.47. The van der Waals surface area contributed by atoms with Crippen LogP contribution in [0.1, 0.15) is 388 Å². The molecule has 94 heavy (non-hydrogen) atoms. The van der Waals surface area contributed by atoms with Crippen molar-refractivity contribution >= 4 is 39.5 Å². The number of hydrogen-bond donors (Lipinski definition) is 3. The summed E-state index contributed by atoms with van der Waals surface area (Å²) in [4.78, 5) is 72.6. The van der Waals surface area contributed by atoms with Crippen LogP contribution in [0.4, 0.5) is 0 Å². The van der Waals surface area contributed by atoms with Crippen LogP contribution >= 0.6 is 15.6 Å². The lowest BCUT2D eigenvalue weighted by molar-refractivity contribution is -0.161. The first kappa shape index (κ1) is 92.1. The summed E-state index contributed by atoms with van der Waals surface area (Å²) in [5.74, 6) is -0.593. The van der Waals surface area contributed by atoms with Gasteiger partial charge in [0.1, 0.15) is 19.3 Å². The number of aliphatic hydroxyl groups is 1. The van der Waals surface area contributed by atoms with Crippen LogP contribution in [0.5, 0.6) is 0 Å². The third kappa shape index (κ3) is 68.6. The molecule has 0 aromatic rings. The Morgan fingerprint density at radius 2 is 0.489 bits per heavy atom. The number of phosphoric acid groups is 2. The van der Waals surface area contributed by atoms with E-state index in [0.717, 1.165) is 108 Å². The standard InChI is InChI=1S/C75H146O17P2/c1-7-9-11-13-15-17-18-19-20-24-27-30-33-40-46-52-58-73(78)86-64-71(91-74(79)59-53-47-41-34-31-28-25-22-21-23-26-29-32-37-43-49-55-67(3)4)66-90-94(83,84)88-62-69(76)61-87-93(81,82)89-65-70(63-85-72(77)57-51-45-39-16-14-12-10-8-2)92-75(80)60-54-48-42-36-35-38-44-50-56-68(5)6/h67-71,76H,7-66H2,1-6H3,(H,81,82)(H,83,84)/t69-,70+,71+/m0/s1. The molecule has 558 valence electrons. The molecule has 17 nitrogen and oxygen atoms in total. The highest BCUT2D eigenvalue weighted by Gasteiger charge is 2.30. The van der Waals surface area contributed by atoms with Gasteiger partial charge in [-0.15, -0.1) is 0 Å². The van der Waals surface area contributed by atoms with Gasteiger partial charge in [-0.25, -0.2) is 9.13 Å². The van der Waals surface area contributed by atoms with Gasteiger partial charge in [0.15, 0.2) is 12.2 Å². The Hall–Kier alpha value is -1.94. The molecule has 0 saturated heterocycles. The van der Waals surface area contributed by atoms with Crippen molar-refractivity contribution in [3.63, 3.8) is 0 Å². The molecular weight excluding hydrogens is 1230 g/mol. The smallest absolute Gasteiger partial charge is 0.462 e. The van der Waals surface area contributed by atoms with E-state index in [1.165, 1.54) is 199 Å². The van der Waals surface area contributed by atoms with E-state index in [9.17, 15) is 43.2 Å².